The Morgan fingerprint density at radius 2 is 1.65 bits per heavy atom. The Balaban J connectivity index is 4.07. The fourth-order valence-electron chi connectivity index (χ4n) is 1.93. The van der Waals surface area contributed by atoms with Crippen LogP contribution in [0.3, 0.4) is 0 Å². The summed E-state index contributed by atoms with van der Waals surface area (Å²) in [6, 6.07) is 0. The predicted molar refractivity (Wildman–Crippen MR) is 68.2 cm³/mol. The fourth-order valence-corrected chi connectivity index (χ4v) is 1.93. The first-order valence-corrected chi connectivity index (χ1v) is 6.73. The van der Waals surface area contributed by atoms with Crippen molar-refractivity contribution in [2.45, 2.75) is 58.5 Å². The molecule has 0 radical (unpaired) electrons. The van der Waals surface area contributed by atoms with Gasteiger partial charge in [-0.25, -0.2) is 0 Å². The Morgan fingerprint density at radius 1 is 1.10 bits per heavy atom. The summed E-state index contributed by atoms with van der Waals surface area (Å²) < 4.78 is 35.7. The zero-order valence-corrected chi connectivity index (χ0v) is 11.8. The second kappa shape index (κ2) is 8.11. The molecule has 0 saturated heterocycles. The SMILES string of the molecule is CCC(CC)(CC(=O)NCCCCC(F)(F)F)C(=O)O. The van der Waals surface area contributed by atoms with Gasteiger partial charge in [0, 0.05) is 19.4 Å². The molecule has 0 saturated carbocycles. The molecule has 0 atom stereocenters. The molecule has 0 bridgehead atoms. The van der Waals surface area contributed by atoms with Gasteiger partial charge in [-0.05, 0) is 25.7 Å². The zero-order valence-electron chi connectivity index (χ0n) is 11.8. The van der Waals surface area contributed by atoms with Crippen molar-refractivity contribution in [1.29, 1.82) is 0 Å². The third-order valence-electron chi connectivity index (χ3n) is 3.52. The van der Waals surface area contributed by atoms with Crippen LogP contribution in [-0.2, 0) is 9.59 Å². The number of amides is 1. The maximum absolute atomic E-state index is 11.9. The summed E-state index contributed by atoms with van der Waals surface area (Å²) in [5.41, 5.74) is -1.09. The van der Waals surface area contributed by atoms with E-state index in [9.17, 15) is 22.8 Å². The van der Waals surface area contributed by atoms with E-state index in [0.29, 0.717) is 12.8 Å². The number of rotatable bonds is 9. The maximum Gasteiger partial charge on any atom is 0.389 e. The molecule has 0 rings (SSSR count). The van der Waals surface area contributed by atoms with Gasteiger partial charge in [0.05, 0.1) is 5.41 Å². The number of nitrogens with one attached hydrogen (secondary N) is 1. The molecule has 1 amide bonds. The largest absolute Gasteiger partial charge is 0.481 e. The van der Waals surface area contributed by atoms with Gasteiger partial charge >= 0.3 is 12.1 Å². The number of hydrogen-bond acceptors (Lipinski definition) is 2. The summed E-state index contributed by atoms with van der Waals surface area (Å²) in [6.45, 7) is 3.54. The van der Waals surface area contributed by atoms with Gasteiger partial charge in [-0.2, -0.15) is 13.2 Å². The quantitative estimate of drug-likeness (QED) is 0.643. The van der Waals surface area contributed by atoms with Crippen LogP contribution in [0.1, 0.15) is 52.4 Å². The number of alkyl halides is 3. The standard InChI is InChI=1S/C13H22F3NO3/c1-3-12(4-2,11(19)20)9-10(18)17-8-6-5-7-13(14,15)16/h3-9H2,1-2H3,(H,17,18)(H,19,20). The number of carboxylic acids is 1. The Hall–Kier alpha value is -1.27. The van der Waals surface area contributed by atoms with E-state index in [0.717, 1.165) is 0 Å². The van der Waals surface area contributed by atoms with E-state index < -0.39 is 29.9 Å². The molecule has 0 fully saturated rings. The normalized spacial score (nSPS) is 12.2. The molecule has 0 aromatic heterocycles. The summed E-state index contributed by atoms with van der Waals surface area (Å²) in [6.07, 6.45) is -4.34. The summed E-state index contributed by atoms with van der Waals surface area (Å²) in [7, 11) is 0. The highest BCUT2D eigenvalue weighted by atomic mass is 19.4. The Kier molecular flexibility index (Phi) is 7.60. The highest BCUT2D eigenvalue weighted by Gasteiger charge is 2.37. The van der Waals surface area contributed by atoms with Crippen molar-refractivity contribution in [3.8, 4) is 0 Å². The topological polar surface area (TPSA) is 66.4 Å². The molecule has 4 nitrogen and oxygen atoms in total. The molecule has 0 aliphatic carbocycles. The Morgan fingerprint density at radius 3 is 2.05 bits per heavy atom. The molecule has 7 heteroatoms. The highest BCUT2D eigenvalue weighted by molar-refractivity contribution is 5.84. The van der Waals surface area contributed by atoms with Gasteiger partial charge in [0.2, 0.25) is 5.91 Å². The Bertz CT molecular complexity index is 325. The van der Waals surface area contributed by atoms with Gasteiger partial charge < -0.3 is 10.4 Å². The molecule has 0 spiro atoms. The van der Waals surface area contributed by atoms with E-state index in [1.807, 2.05) is 0 Å². The van der Waals surface area contributed by atoms with Crippen molar-refractivity contribution in [2.75, 3.05) is 6.54 Å². The van der Waals surface area contributed by atoms with Gasteiger partial charge in [-0.1, -0.05) is 13.8 Å². The van der Waals surface area contributed by atoms with E-state index >= 15 is 0 Å². The van der Waals surface area contributed by atoms with E-state index in [2.05, 4.69) is 5.32 Å². The fraction of sp³-hybridized carbons (Fsp3) is 0.846. The van der Waals surface area contributed by atoms with Crippen LogP contribution in [-0.4, -0.2) is 29.7 Å². The number of halogens is 3. The van der Waals surface area contributed by atoms with Crippen molar-refractivity contribution >= 4 is 11.9 Å². The third kappa shape index (κ3) is 6.77. The average molecular weight is 297 g/mol. The van der Waals surface area contributed by atoms with Crippen LogP contribution >= 0.6 is 0 Å². The minimum atomic E-state index is -4.17. The molecule has 0 aliphatic heterocycles. The molecular formula is C13H22F3NO3. The van der Waals surface area contributed by atoms with Gasteiger partial charge in [0.25, 0.3) is 0 Å². The molecule has 0 heterocycles. The van der Waals surface area contributed by atoms with Crippen molar-refractivity contribution in [3.05, 3.63) is 0 Å². The van der Waals surface area contributed by atoms with Gasteiger partial charge in [0.1, 0.15) is 0 Å². The van der Waals surface area contributed by atoms with E-state index in [1.54, 1.807) is 13.8 Å². The molecule has 0 aromatic rings. The van der Waals surface area contributed by atoms with Gasteiger partial charge in [0.15, 0.2) is 0 Å². The van der Waals surface area contributed by atoms with E-state index in [4.69, 9.17) is 5.11 Å². The van der Waals surface area contributed by atoms with Crippen LogP contribution in [0.2, 0.25) is 0 Å². The van der Waals surface area contributed by atoms with Crippen LogP contribution in [0.15, 0.2) is 0 Å². The lowest BCUT2D eigenvalue weighted by Crippen LogP contribution is -2.37. The van der Waals surface area contributed by atoms with Crippen LogP contribution < -0.4 is 5.32 Å². The van der Waals surface area contributed by atoms with E-state index in [1.165, 1.54) is 0 Å². The van der Waals surface area contributed by atoms with Gasteiger partial charge in [-0.15, -0.1) is 0 Å². The number of carbonyl (C=O) groups excluding carboxylic acids is 1. The van der Waals surface area contributed by atoms with Crippen molar-refractivity contribution < 1.29 is 27.9 Å². The van der Waals surface area contributed by atoms with Gasteiger partial charge in [-0.3, -0.25) is 9.59 Å². The smallest absolute Gasteiger partial charge is 0.389 e. The predicted octanol–water partition coefficient (Wildman–Crippen LogP) is 3.12. The molecular weight excluding hydrogens is 275 g/mol. The number of unbranched alkanes of at least 4 members (excludes halogenated alkanes) is 1. The van der Waals surface area contributed by atoms with Crippen LogP contribution in [0.5, 0.6) is 0 Å². The molecule has 20 heavy (non-hydrogen) atoms. The number of carbonyl (C=O) groups is 2. The molecule has 0 unspecified atom stereocenters. The molecule has 0 aromatic carbocycles. The molecule has 118 valence electrons. The summed E-state index contributed by atoms with van der Waals surface area (Å²) in [4.78, 5) is 22.8. The lowest BCUT2D eigenvalue weighted by molar-refractivity contribution is -0.152. The second-order valence-electron chi connectivity index (χ2n) is 4.89. The third-order valence-corrected chi connectivity index (χ3v) is 3.52. The zero-order chi connectivity index (χ0) is 15.8. The first-order valence-electron chi connectivity index (χ1n) is 6.73. The van der Waals surface area contributed by atoms with Crippen LogP contribution in [0, 0.1) is 5.41 Å². The second-order valence-corrected chi connectivity index (χ2v) is 4.89. The molecule has 0 aliphatic rings. The summed E-state index contributed by atoms with van der Waals surface area (Å²) in [5, 5.41) is 11.6. The highest BCUT2D eigenvalue weighted by Crippen LogP contribution is 2.30. The van der Waals surface area contributed by atoms with Crippen LogP contribution in [0.25, 0.3) is 0 Å². The van der Waals surface area contributed by atoms with Crippen molar-refractivity contribution in [1.82, 2.24) is 5.32 Å². The number of hydrogen-bond donors (Lipinski definition) is 2. The number of carboxylic acid groups (broad SMARTS) is 1. The van der Waals surface area contributed by atoms with Crippen molar-refractivity contribution in [2.24, 2.45) is 5.41 Å². The molecule has 2 N–H and O–H groups in total. The Labute approximate surface area is 116 Å². The van der Waals surface area contributed by atoms with Crippen LogP contribution in [0.4, 0.5) is 13.2 Å². The maximum atomic E-state index is 11.9. The summed E-state index contributed by atoms with van der Waals surface area (Å²) >= 11 is 0. The first-order chi connectivity index (χ1) is 9.17. The first kappa shape index (κ1) is 18.7. The minimum absolute atomic E-state index is 0.0462. The van der Waals surface area contributed by atoms with E-state index in [-0.39, 0.29) is 25.8 Å². The minimum Gasteiger partial charge on any atom is -0.481 e. The number of aliphatic carboxylic acids is 1. The monoisotopic (exact) mass is 297 g/mol. The van der Waals surface area contributed by atoms with Crippen molar-refractivity contribution in [3.63, 3.8) is 0 Å². The lowest BCUT2D eigenvalue weighted by Gasteiger charge is -2.25. The average Bonchev–Trinajstić information content (AvgIpc) is 2.33. The lowest BCUT2D eigenvalue weighted by atomic mass is 9.79. The summed E-state index contributed by atoms with van der Waals surface area (Å²) in [5.74, 6) is -1.45.